The van der Waals surface area contributed by atoms with Gasteiger partial charge >= 0.3 is 0 Å². The van der Waals surface area contributed by atoms with Gasteiger partial charge in [0.05, 0.1) is 0 Å². The van der Waals surface area contributed by atoms with Gasteiger partial charge in [0, 0.05) is 0 Å². The topological polar surface area (TPSA) is 0 Å². The van der Waals surface area contributed by atoms with Gasteiger partial charge in [0.25, 0.3) is 0 Å². The van der Waals surface area contributed by atoms with E-state index in [1.807, 2.05) is 0 Å². The molecule has 14 heavy (non-hydrogen) atoms. The van der Waals surface area contributed by atoms with Crippen molar-refractivity contribution in [2.45, 2.75) is 33.6 Å². The van der Waals surface area contributed by atoms with Crippen LogP contribution in [0.25, 0.3) is 0 Å². The molecular weight excluding hydrogens is 168 g/mol. The first kappa shape index (κ1) is 9.00. The zero-order valence-corrected chi connectivity index (χ0v) is 9.61. The van der Waals surface area contributed by atoms with Crippen LogP contribution in [0.2, 0.25) is 0 Å². The molecule has 6 unspecified atom stereocenters. The average molecular weight is 190 g/mol. The molecule has 78 valence electrons. The van der Waals surface area contributed by atoms with Gasteiger partial charge in [-0.1, -0.05) is 39.3 Å². The molecule has 3 rings (SSSR count). The maximum atomic E-state index is 2.46. The van der Waals surface area contributed by atoms with E-state index in [0.717, 1.165) is 41.4 Å². The number of rotatable bonds is 3. The van der Waals surface area contributed by atoms with Crippen LogP contribution in [0, 0.1) is 41.4 Å². The summed E-state index contributed by atoms with van der Waals surface area (Å²) < 4.78 is 0. The van der Waals surface area contributed by atoms with E-state index in [-0.39, 0.29) is 0 Å². The van der Waals surface area contributed by atoms with Crippen molar-refractivity contribution in [3.8, 4) is 0 Å². The average Bonchev–Trinajstić information content (AvgIpc) is 2.90. The first-order valence-electron chi connectivity index (χ1n) is 6.42. The zero-order valence-electron chi connectivity index (χ0n) is 9.61. The smallest absolute Gasteiger partial charge is 0.0165 e. The fourth-order valence-electron chi connectivity index (χ4n) is 4.10. The largest absolute Gasteiger partial charge is 0.0876 e. The van der Waals surface area contributed by atoms with Crippen LogP contribution >= 0.6 is 0 Å². The molecule has 0 amide bonds. The fourth-order valence-corrected chi connectivity index (χ4v) is 4.10. The molecule has 0 heterocycles. The highest BCUT2D eigenvalue weighted by atomic mass is 14.7. The molecule has 0 aromatic carbocycles. The number of hydrogen-bond acceptors (Lipinski definition) is 0. The van der Waals surface area contributed by atoms with Gasteiger partial charge in [-0.05, 0) is 47.8 Å². The quantitative estimate of drug-likeness (QED) is 0.595. The Morgan fingerprint density at radius 1 is 1.07 bits per heavy atom. The van der Waals surface area contributed by atoms with Gasteiger partial charge in [0.2, 0.25) is 0 Å². The van der Waals surface area contributed by atoms with Gasteiger partial charge in [0.15, 0.2) is 0 Å². The van der Waals surface area contributed by atoms with Crippen molar-refractivity contribution in [2.75, 3.05) is 0 Å². The third-order valence-corrected chi connectivity index (χ3v) is 5.40. The van der Waals surface area contributed by atoms with Gasteiger partial charge in [-0.3, -0.25) is 0 Å². The number of allylic oxidation sites excluding steroid dienone is 2. The summed E-state index contributed by atoms with van der Waals surface area (Å²) in [6.45, 7) is 7.29. The minimum absolute atomic E-state index is 0.977. The molecule has 0 N–H and O–H groups in total. The Kier molecular flexibility index (Phi) is 1.84. The van der Waals surface area contributed by atoms with Gasteiger partial charge in [-0.15, -0.1) is 0 Å². The van der Waals surface area contributed by atoms with E-state index in [9.17, 15) is 0 Å². The van der Waals surface area contributed by atoms with Crippen LogP contribution in [-0.2, 0) is 0 Å². The first-order valence-corrected chi connectivity index (χ1v) is 6.42. The Morgan fingerprint density at radius 2 is 1.71 bits per heavy atom. The minimum Gasteiger partial charge on any atom is -0.0876 e. The van der Waals surface area contributed by atoms with Crippen LogP contribution in [0.1, 0.15) is 33.6 Å². The Balaban J connectivity index is 1.67. The highest BCUT2D eigenvalue weighted by molar-refractivity contribution is 5.17. The highest BCUT2D eigenvalue weighted by Crippen LogP contribution is 2.68. The molecule has 3 aliphatic rings. The van der Waals surface area contributed by atoms with E-state index in [4.69, 9.17) is 0 Å². The van der Waals surface area contributed by atoms with Gasteiger partial charge in [-0.2, -0.15) is 0 Å². The van der Waals surface area contributed by atoms with Crippen LogP contribution in [-0.4, -0.2) is 0 Å². The van der Waals surface area contributed by atoms with Gasteiger partial charge in [0.1, 0.15) is 0 Å². The van der Waals surface area contributed by atoms with Crippen molar-refractivity contribution in [1.29, 1.82) is 0 Å². The molecule has 0 aromatic rings. The summed E-state index contributed by atoms with van der Waals surface area (Å²) in [5.74, 6) is 7.42. The SMILES string of the molecule is CCC1C(C2C=CC2)C1C1C(C)C1C. The predicted octanol–water partition coefficient (Wildman–Crippen LogP) is 3.74. The minimum atomic E-state index is 0.977. The maximum absolute atomic E-state index is 2.46. The third kappa shape index (κ3) is 1.06. The van der Waals surface area contributed by atoms with Crippen LogP contribution in [0.3, 0.4) is 0 Å². The monoisotopic (exact) mass is 190 g/mol. The third-order valence-electron chi connectivity index (χ3n) is 5.40. The lowest BCUT2D eigenvalue weighted by Crippen LogP contribution is -2.08. The Hall–Kier alpha value is -0.260. The van der Waals surface area contributed by atoms with E-state index in [2.05, 4.69) is 32.9 Å². The molecular formula is C14H22. The molecule has 0 heteroatoms. The molecule has 0 aromatic heterocycles. The zero-order chi connectivity index (χ0) is 9.87. The standard InChI is InChI=1S/C14H22/c1-4-11-13(10-6-5-7-10)14(11)12-8(2)9(12)3/h5-6,8-14H,4,7H2,1-3H3. The summed E-state index contributed by atoms with van der Waals surface area (Å²) in [5.41, 5.74) is 0. The van der Waals surface area contributed by atoms with Crippen LogP contribution in [0.5, 0.6) is 0 Å². The first-order chi connectivity index (χ1) is 6.75. The molecule has 0 bridgehead atoms. The summed E-state index contributed by atoms with van der Waals surface area (Å²) in [5, 5.41) is 0. The molecule has 2 fully saturated rings. The van der Waals surface area contributed by atoms with Crippen molar-refractivity contribution in [1.82, 2.24) is 0 Å². The maximum Gasteiger partial charge on any atom is -0.0165 e. The molecule has 0 radical (unpaired) electrons. The molecule has 3 aliphatic carbocycles. The van der Waals surface area contributed by atoms with E-state index in [1.54, 1.807) is 0 Å². The molecule has 2 saturated carbocycles. The van der Waals surface area contributed by atoms with Crippen LogP contribution < -0.4 is 0 Å². The van der Waals surface area contributed by atoms with Crippen molar-refractivity contribution >= 4 is 0 Å². The Bertz CT molecular complexity index is 257. The second-order valence-corrected chi connectivity index (χ2v) is 5.85. The van der Waals surface area contributed by atoms with E-state index < -0.39 is 0 Å². The number of hydrogen-bond donors (Lipinski definition) is 0. The molecule has 0 saturated heterocycles. The molecule has 0 aliphatic heterocycles. The van der Waals surface area contributed by atoms with Crippen molar-refractivity contribution in [3.63, 3.8) is 0 Å². The molecule has 0 nitrogen and oxygen atoms in total. The molecule has 0 spiro atoms. The van der Waals surface area contributed by atoms with E-state index in [1.165, 1.54) is 12.8 Å². The van der Waals surface area contributed by atoms with E-state index >= 15 is 0 Å². The second kappa shape index (κ2) is 2.87. The predicted molar refractivity (Wildman–Crippen MR) is 59.8 cm³/mol. The molecule has 6 atom stereocenters. The summed E-state index contributed by atoms with van der Waals surface area (Å²) in [7, 11) is 0. The Labute approximate surface area is 87.8 Å². The summed E-state index contributed by atoms with van der Waals surface area (Å²) >= 11 is 0. The lowest BCUT2D eigenvalue weighted by atomic mass is 9.88. The van der Waals surface area contributed by atoms with Crippen LogP contribution in [0.15, 0.2) is 12.2 Å². The lowest BCUT2D eigenvalue weighted by molar-refractivity contribution is 0.458. The normalized spacial score (nSPS) is 59.5. The van der Waals surface area contributed by atoms with Gasteiger partial charge < -0.3 is 0 Å². The van der Waals surface area contributed by atoms with Crippen molar-refractivity contribution in [3.05, 3.63) is 12.2 Å². The van der Waals surface area contributed by atoms with Crippen molar-refractivity contribution in [2.24, 2.45) is 41.4 Å². The summed E-state index contributed by atoms with van der Waals surface area (Å²) in [6.07, 6.45) is 7.63. The lowest BCUT2D eigenvalue weighted by Gasteiger charge is -2.17. The Morgan fingerprint density at radius 3 is 2.07 bits per heavy atom. The van der Waals surface area contributed by atoms with Crippen molar-refractivity contribution < 1.29 is 0 Å². The van der Waals surface area contributed by atoms with Crippen LogP contribution in [0.4, 0.5) is 0 Å². The highest BCUT2D eigenvalue weighted by Gasteiger charge is 2.63. The second-order valence-electron chi connectivity index (χ2n) is 5.85. The fraction of sp³-hybridized carbons (Fsp3) is 0.857. The van der Waals surface area contributed by atoms with Gasteiger partial charge in [-0.25, -0.2) is 0 Å². The summed E-state index contributed by atoms with van der Waals surface area (Å²) in [6, 6.07) is 0. The summed E-state index contributed by atoms with van der Waals surface area (Å²) in [4.78, 5) is 0. The van der Waals surface area contributed by atoms with E-state index in [0.29, 0.717) is 0 Å².